The van der Waals surface area contributed by atoms with Gasteiger partial charge in [-0.1, -0.05) is 6.07 Å². The van der Waals surface area contributed by atoms with E-state index in [-0.39, 0.29) is 12.5 Å². The van der Waals surface area contributed by atoms with Gasteiger partial charge in [0.25, 0.3) is 5.91 Å². The second kappa shape index (κ2) is 5.59. The molecule has 0 aromatic heterocycles. The Bertz CT molecular complexity index is 454. The monoisotopic (exact) mass is 263 g/mol. The molecule has 0 radical (unpaired) electrons. The van der Waals surface area contributed by atoms with Crippen LogP contribution in [0, 0.1) is 0 Å². The summed E-state index contributed by atoms with van der Waals surface area (Å²) in [4.78, 5) is 14.0. The first kappa shape index (κ1) is 13.8. The number of benzene rings is 1. The molecular weight excluding hydrogens is 242 g/mol. The van der Waals surface area contributed by atoms with E-state index < -0.39 is 5.60 Å². The van der Waals surface area contributed by atoms with Crippen LogP contribution >= 0.6 is 0 Å². The van der Waals surface area contributed by atoms with E-state index in [1.165, 1.54) is 0 Å². The van der Waals surface area contributed by atoms with Crippen molar-refractivity contribution in [2.75, 3.05) is 38.6 Å². The minimum Gasteiger partial charge on any atom is -0.387 e. The fourth-order valence-corrected chi connectivity index (χ4v) is 2.15. The van der Waals surface area contributed by atoms with E-state index in [2.05, 4.69) is 10.6 Å². The van der Waals surface area contributed by atoms with Crippen LogP contribution in [0.15, 0.2) is 24.3 Å². The highest BCUT2D eigenvalue weighted by Gasteiger charge is 2.31. The van der Waals surface area contributed by atoms with Gasteiger partial charge in [-0.3, -0.25) is 4.79 Å². The van der Waals surface area contributed by atoms with E-state index in [1.807, 2.05) is 37.2 Å². The van der Waals surface area contributed by atoms with Gasteiger partial charge >= 0.3 is 0 Å². The molecule has 3 N–H and O–H groups in total. The normalized spacial score (nSPS) is 22.3. The van der Waals surface area contributed by atoms with Crippen molar-refractivity contribution in [3.8, 4) is 0 Å². The molecular formula is C14H21N3O2. The largest absolute Gasteiger partial charge is 0.387 e. The van der Waals surface area contributed by atoms with Crippen molar-refractivity contribution in [2.45, 2.75) is 12.0 Å². The average Bonchev–Trinajstić information content (AvgIpc) is 2.83. The van der Waals surface area contributed by atoms with E-state index >= 15 is 0 Å². The lowest BCUT2D eigenvalue weighted by molar-refractivity contribution is 0.0562. The molecule has 1 fully saturated rings. The maximum absolute atomic E-state index is 12.1. The zero-order valence-electron chi connectivity index (χ0n) is 11.4. The molecule has 0 bridgehead atoms. The van der Waals surface area contributed by atoms with Gasteiger partial charge in [0.05, 0.1) is 5.60 Å². The number of anilines is 1. The molecule has 1 saturated heterocycles. The van der Waals surface area contributed by atoms with Crippen molar-refractivity contribution in [1.29, 1.82) is 0 Å². The summed E-state index contributed by atoms with van der Waals surface area (Å²) in [5.74, 6) is -0.149. The standard InChI is InChI=1S/C14H21N3O2/c1-17(2)12-5-3-4-11(8-12)13(18)16-10-14(19)6-7-15-9-14/h3-5,8,15,19H,6-7,9-10H2,1-2H3,(H,16,18). The van der Waals surface area contributed by atoms with E-state index in [4.69, 9.17) is 0 Å². The predicted molar refractivity (Wildman–Crippen MR) is 75.5 cm³/mol. The smallest absolute Gasteiger partial charge is 0.251 e. The molecule has 1 atom stereocenters. The lowest BCUT2D eigenvalue weighted by atomic mass is 10.0. The molecule has 0 spiro atoms. The number of hydrogen-bond acceptors (Lipinski definition) is 4. The Morgan fingerprint density at radius 3 is 2.95 bits per heavy atom. The molecule has 19 heavy (non-hydrogen) atoms. The van der Waals surface area contributed by atoms with E-state index in [0.29, 0.717) is 18.5 Å². The third-order valence-electron chi connectivity index (χ3n) is 3.42. The number of nitrogens with one attached hydrogen (secondary N) is 2. The Morgan fingerprint density at radius 1 is 1.53 bits per heavy atom. The summed E-state index contributed by atoms with van der Waals surface area (Å²) in [6, 6.07) is 7.42. The van der Waals surface area contributed by atoms with Crippen LogP contribution in [0.1, 0.15) is 16.8 Å². The van der Waals surface area contributed by atoms with Gasteiger partial charge in [0, 0.05) is 38.4 Å². The fraction of sp³-hybridized carbons (Fsp3) is 0.500. The molecule has 1 aliphatic rings. The van der Waals surface area contributed by atoms with Gasteiger partial charge in [-0.15, -0.1) is 0 Å². The number of aliphatic hydroxyl groups is 1. The number of hydrogen-bond donors (Lipinski definition) is 3. The van der Waals surface area contributed by atoms with E-state index in [9.17, 15) is 9.90 Å². The molecule has 2 rings (SSSR count). The summed E-state index contributed by atoms with van der Waals surface area (Å²) >= 11 is 0. The Hall–Kier alpha value is -1.59. The van der Waals surface area contributed by atoms with Gasteiger partial charge in [-0.2, -0.15) is 0 Å². The second-order valence-electron chi connectivity index (χ2n) is 5.28. The molecule has 1 aliphatic heterocycles. The van der Waals surface area contributed by atoms with Gasteiger partial charge in [0.15, 0.2) is 0 Å². The van der Waals surface area contributed by atoms with Crippen LogP contribution in [0.4, 0.5) is 5.69 Å². The number of rotatable bonds is 4. The van der Waals surface area contributed by atoms with Crippen LogP contribution in [-0.4, -0.2) is 50.3 Å². The molecule has 5 heteroatoms. The summed E-state index contributed by atoms with van der Waals surface area (Å²) in [6.45, 7) is 1.61. The predicted octanol–water partition coefficient (Wildman–Crippen LogP) is 0.207. The van der Waals surface area contributed by atoms with Crippen LogP contribution in [0.25, 0.3) is 0 Å². The highest BCUT2D eigenvalue weighted by molar-refractivity contribution is 5.95. The van der Waals surface area contributed by atoms with Gasteiger partial charge in [0.2, 0.25) is 0 Å². The first-order valence-corrected chi connectivity index (χ1v) is 6.49. The minimum absolute atomic E-state index is 0.149. The highest BCUT2D eigenvalue weighted by Crippen LogP contribution is 2.15. The van der Waals surface area contributed by atoms with Crippen LogP contribution in [0.5, 0.6) is 0 Å². The molecule has 1 amide bonds. The van der Waals surface area contributed by atoms with Crippen molar-refractivity contribution in [2.24, 2.45) is 0 Å². The number of amides is 1. The summed E-state index contributed by atoms with van der Waals surface area (Å²) in [6.07, 6.45) is 0.672. The van der Waals surface area contributed by atoms with Crippen molar-refractivity contribution >= 4 is 11.6 Å². The SMILES string of the molecule is CN(C)c1cccc(C(=O)NCC2(O)CCNC2)c1. The van der Waals surface area contributed by atoms with Gasteiger partial charge in [-0.25, -0.2) is 0 Å². The first-order valence-electron chi connectivity index (χ1n) is 6.49. The zero-order chi connectivity index (χ0) is 13.9. The lowest BCUT2D eigenvalue weighted by Gasteiger charge is -2.21. The number of β-amino-alcohol motifs (C(OH)–C–C–N with tert-alkyl or cyclic N) is 1. The maximum atomic E-state index is 12.1. The summed E-state index contributed by atoms with van der Waals surface area (Å²) < 4.78 is 0. The van der Waals surface area contributed by atoms with Gasteiger partial charge in [-0.05, 0) is 31.2 Å². The van der Waals surface area contributed by atoms with Crippen LogP contribution in [0.2, 0.25) is 0 Å². The minimum atomic E-state index is -0.811. The van der Waals surface area contributed by atoms with Crippen LogP contribution in [0.3, 0.4) is 0 Å². The molecule has 5 nitrogen and oxygen atoms in total. The van der Waals surface area contributed by atoms with Crippen molar-refractivity contribution in [1.82, 2.24) is 10.6 Å². The summed E-state index contributed by atoms with van der Waals surface area (Å²) in [5.41, 5.74) is 0.782. The molecule has 1 heterocycles. The number of nitrogens with zero attached hydrogens (tertiary/aromatic N) is 1. The third kappa shape index (κ3) is 3.45. The zero-order valence-corrected chi connectivity index (χ0v) is 11.4. The van der Waals surface area contributed by atoms with Gasteiger partial charge in [0.1, 0.15) is 0 Å². The second-order valence-corrected chi connectivity index (χ2v) is 5.28. The number of carbonyl (C=O) groups excluding carboxylic acids is 1. The Kier molecular flexibility index (Phi) is 4.07. The highest BCUT2D eigenvalue weighted by atomic mass is 16.3. The van der Waals surface area contributed by atoms with E-state index in [0.717, 1.165) is 12.2 Å². The summed E-state index contributed by atoms with van der Waals surface area (Å²) in [5, 5.41) is 16.0. The average molecular weight is 263 g/mol. The maximum Gasteiger partial charge on any atom is 0.251 e. The van der Waals surface area contributed by atoms with Crippen molar-refractivity contribution in [3.63, 3.8) is 0 Å². The Balaban J connectivity index is 1.98. The molecule has 0 aliphatic carbocycles. The Labute approximate surface area is 113 Å². The Morgan fingerprint density at radius 2 is 2.32 bits per heavy atom. The number of carbonyl (C=O) groups is 1. The fourth-order valence-electron chi connectivity index (χ4n) is 2.15. The lowest BCUT2D eigenvalue weighted by Crippen LogP contribution is -2.44. The van der Waals surface area contributed by atoms with Crippen molar-refractivity contribution in [3.05, 3.63) is 29.8 Å². The molecule has 1 unspecified atom stereocenters. The van der Waals surface area contributed by atoms with E-state index in [1.54, 1.807) is 6.07 Å². The third-order valence-corrected chi connectivity index (χ3v) is 3.42. The van der Waals surface area contributed by atoms with Crippen LogP contribution < -0.4 is 15.5 Å². The van der Waals surface area contributed by atoms with Crippen LogP contribution in [-0.2, 0) is 0 Å². The quantitative estimate of drug-likeness (QED) is 0.726. The van der Waals surface area contributed by atoms with Gasteiger partial charge < -0.3 is 20.6 Å². The topological polar surface area (TPSA) is 64.6 Å². The molecule has 1 aromatic carbocycles. The summed E-state index contributed by atoms with van der Waals surface area (Å²) in [7, 11) is 3.87. The molecule has 104 valence electrons. The first-order chi connectivity index (χ1) is 9.00. The molecule has 1 aromatic rings. The van der Waals surface area contributed by atoms with Crippen molar-refractivity contribution < 1.29 is 9.90 Å². The molecule has 0 saturated carbocycles.